The average Bonchev–Trinajstić information content (AvgIpc) is 2.37. The zero-order valence-electron chi connectivity index (χ0n) is 9.21. The first-order chi connectivity index (χ1) is 8.66. The van der Waals surface area contributed by atoms with Crippen LogP contribution in [0.15, 0.2) is 41.1 Å². The molecule has 18 heavy (non-hydrogen) atoms. The summed E-state index contributed by atoms with van der Waals surface area (Å²) in [5.74, 6) is -0.916. The first kappa shape index (κ1) is 12.5. The molecule has 92 valence electrons. The standard InChI is InChI=1S/C12H9BrN2O3/c13-8-5-10(11(12(16)17)15-6-8)18-7-9-3-1-2-4-14-9/h1-6H,7H2,(H,16,17). The van der Waals surface area contributed by atoms with E-state index in [-0.39, 0.29) is 18.1 Å². The molecule has 0 aliphatic rings. The van der Waals surface area contributed by atoms with E-state index in [4.69, 9.17) is 9.84 Å². The molecule has 0 atom stereocenters. The number of hydrogen-bond acceptors (Lipinski definition) is 4. The predicted octanol–water partition coefficient (Wildman–Crippen LogP) is 2.52. The Morgan fingerprint density at radius 3 is 2.89 bits per heavy atom. The quantitative estimate of drug-likeness (QED) is 0.939. The van der Waals surface area contributed by atoms with Crippen LogP contribution in [0.1, 0.15) is 16.2 Å². The molecule has 0 amide bonds. The van der Waals surface area contributed by atoms with E-state index < -0.39 is 5.97 Å². The van der Waals surface area contributed by atoms with Gasteiger partial charge in [0.25, 0.3) is 0 Å². The molecule has 0 spiro atoms. The van der Waals surface area contributed by atoms with Crippen LogP contribution in [0.25, 0.3) is 0 Å². The molecule has 1 N–H and O–H groups in total. The minimum absolute atomic E-state index is 0.117. The lowest BCUT2D eigenvalue weighted by atomic mass is 10.3. The fourth-order valence-electron chi connectivity index (χ4n) is 1.33. The Morgan fingerprint density at radius 2 is 2.22 bits per heavy atom. The zero-order chi connectivity index (χ0) is 13.0. The van der Waals surface area contributed by atoms with Gasteiger partial charge < -0.3 is 9.84 Å². The minimum atomic E-state index is -1.13. The van der Waals surface area contributed by atoms with Gasteiger partial charge in [0.05, 0.1) is 5.69 Å². The number of ether oxygens (including phenoxy) is 1. The highest BCUT2D eigenvalue weighted by Crippen LogP contribution is 2.22. The van der Waals surface area contributed by atoms with E-state index in [1.54, 1.807) is 24.4 Å². The van der Waals surface area contributed by atoms with Crippen molar-refractivity contribution in [3.63, 3.8) is 0 Å². The Bertz CT molecular complexity index is 561. The lowest BCUT2D eigenvalue weighted by Crippen LogP contribution is -2.06. The van der Waals surface area contributed by atoms with Crippen molar-refractivity contribution >= 4 is 21.9 Å². The van der Waals surface area contributed by atoms with Crippen LogP contribution >= 0.6 is 15.9 Å². The van der Waals surface area contributed by atoms with Crippen LogP contribution in [-0.2, 0) is 6.61 Å². The summed E-state index contributed by atoms with van der Waals surface area (Å²) < 4.78 is 6.09. The highest BCUT2D eigenvalue weighted by Gasteiger charge is 2.13. The third kappa shape index (κ3) is 3.04. The number of aromatic nitrogens is 2. The molecule has 2 aromatic heterocycles. The summed E-state index contributed by atoms with van der Waals surface area (Å²) in [6.45, 7) is 0.194. The van der Waals surface area contributed by atoms with Gasteiger partial charge in [-0.25, -0.2) is 9.78 Å². The molecule has 5 nitrogen and oxygen atoms in total. The molecule has 0 radical (unpaired) electrons. The summed E-state index contributed by atoms with van der Waals surface area (Å²) in [5.41, 5.74) is 0.600. The van der Waals surface area contributed by atoms with Crippen molar-refractivity contribution < 1.29 is 14.6 Å². The van der Waals surface area contributed by atoms with Gasteiger partial charge in [0.15, 0.2) is 11.4 Å². The van der Waals surface area contributed by atoms with Gasteiger partial charge in [-0.05, 0) is 34.1 Å². The average molecular weight is 309 g/mol. The summed E-state index contributed by atoms with van der Waals surface area (Å²) in [7, 11) is 0. The molecule has 2 heterocycles. The maximum atomic E-state index is 11.0. The van der Waals surface area contributed by atoms with Gasteiger partial charge in [-0.1, -0.05) is 6.07 Å². The minimum Gasteiger partial charge on any atom is -0.485 e. The number of carbonyl (C=O) groups is 1. The Kier molecular flexibility index (Phi) is 3.88. The SMILES string of the molecule is O=C(O)c1ncc(Br)cc1OCc1ccccn1. The number of halogens is 1. The van der Waals surface area contributed by atoms with E-state index in [1.165, 1.54) is 6.20 Å². The lowest BCUT2D eigenvalue weighted by molar-refractivity contribution is 0.0684. The summed E-state index contributed by atoms with van der Waals surface area (Å²) in [6.07, 6.45) is 3.06. The van der Waals surface area contributed by atoms with E-state index in [1.807, 2.05) is 6.07 Å². The number of pyridine rings is 2. The largest absolute Gasteiger partial charge is 0.485 e. The van der Waals surface area contributed by atoms with Crippen molar-refractivity contribution in [1.82, 2.24) is 9.97 Å². The molecule has 0 fully saturated rings. The molecule has 2 aromatic rings. The van der Waals surface area contributed by atoms with Crippen LogP contribution < -0.4 is 4.74 Å². The third-order valence-electron chi connectivity index (χ3n) is 2.12. The number of hydrogen-bond donors (Lipinski definition) is 1. The second-order valence-electron chi connectivity index (χ2n) is 3.42. The molecular weight excluding hydrogens is 300 g/mol. The van der Waals surface area contributed by atoms with Gasteiger partial charge >= 0.3 is 5.97 Å². The van der Waals surface area contributed by atoms with Crippen molar-refractivity contribution in [3.8, 4) is 5.75 Å². The van der Waals surface area contributed by atoms with Gasteiger partial charge in [0.1, 0.15) is 6.61 Å². The zero-order valence-corrected chi connectivity index (χ0v) is 10.8. The summed E-state index contributed by atoms with van der Waals surface area (Å²) in [6, 6.07) is 7.00. The number of carboxylic acids is 1. The summed E-state index contributed by atoms with van der Waals surface area (Å²) in [4.78, 5) is 18.9. The Hall–Kier alpha value is -1.95. The van der Waals surface area contributed by atoms with E-state index in [0.29, 0.717) is 10.2 Å². The van der Waals surface area contributed by atoms with Crippen molar-refractivity contribution in [2.24, 2.45) is 0 Å². The maximum absolute atomic E-state index is 11.0. The molecule has 0 bridgehead atoms. The molecule has 0 aliphatic carbocycles. The highest BCUT2D eigenvalue weighted by molar-refractivity contribution is 9.10. The molecule has 0 saturated carbocycles. The molecule has 6 heteroatoms. The summed E-state index contributed by atoms with van der Waals surface area (Å²) >= 11 is 3.22. The highest BCUT2D eigenvalue weighted by atomic mass is 79.9. The predicted molar refractivity (Wildman–Crippen MR) is 67.5 cm³/mol. The van der Waals surface area contributed by atoms with E-state index in [2.05, 4.69) is 25.9 Å². The third-order valence-corrected chi connectivity index (χ3v) is 2.56. The fraction of sp³-hybridized carbons (Fsp3) is 0.0833. The topological polar surface area (TPSA) is 72.3 Å². The molecule has 2 rings (SSSR count). The maximum Gasteiger partial charge on any atom is 0.358 e. The smallest absolute Gasteiger partial charge is 0.358 e. The van der Waals surface area contributed by atoms with E-state index >= 15 is 0 Å². The van der Waals surface area contributed by atoms with Crippen LogP contribution in [0.3, 0.4) is 0 Å². The van der Waals surface area contributed by atoms with Crippen LogP contribution in [0.2, 0.25) is 0 Å². The normalized spacial score (nSPS) is 10.1. The van der Waals surface area contributed by atoms with E-state index in [9.17, 15) is 4.79 Å². The first-order valence-electron chi connectivity index (χ1n) is 5.08. The number of carboxylic acid groups (broad SMARTS) is 1. The van der Waals surface area contributed by atoms with Gasteiger partial charge in [0.2, 0.25) is 0 Å². The number of aromatic carboxylic acids is 1. The van der Waals surface area contributed by atoms with Crippen molar-refractivity contribution in [1.29, 1.82) is 0 Å². The van der Waals surface area contributed by atoms with E-state index in [0.717, 1.165) is 0 Å². The fourth-order valence-corrected chi connectivity index (χ4v) is 1.64. The Labute approximate surface area is 112 Å². The lowest BCUT2D eigenvalue weighted by Gasteiger charge is -2.08. The van der Waals surface area contributed by atoms with Crippen LogP contribution in [0.5, 0.6) is 5.75 Å². The van der Waals surface area contributed by atoms with Crippen molar-refractivity contribution in [3.05, 3.63) is 52.5 Å². The number of nitrogens with zero attached hydrogens (tertiary/aromatic N) is 2. The molecule has 0 unspecified atom stereocenters. The first-order valence-corrected chi connectivity index (χ1v) is 5.87. The second-order valence-corrected chi connectivity index (χ2v) is 4.33. The van der Waals surface area contributed by atoms with Gasteiger partial charge in [0, 0.05) is 16.9 Å². The van der Waals surface area contributed by atoms with Gasteiger partial charge in [-0.15, -0.1) is 0 Å². The molecule has 0 aromatic carbocycles. The van der Waals surface area contributed by atoms with Crippen molar-refractivity contribution in [2.75, 3.05) is 0 Å². The van der Waals surface area contributed by atoms with Crippen LogP contribution in [-0.4, -0.2) is 21.0 Å². The Balaban J connectivity index is 2.18. The van der Waals surface area contributed by atoms with Gasteiger partial charge in [-0.3, -0.25) is 4.98 Å². The van der Waals surface area contributed by atoms with Crippen molar-refractivity contribution in [2.45, 2.75) is 6.61 Å². The molecule has 0 aliphatic heterocycles. The van der Waals surface area contributed by atoms with Crippen LogP contribution in [0, 0.1) is 0 Å². The second kappa shape index (κ2) is 5.59. The monoisotopic (exact) mass is 308 g/mol. The van der Waals surface area contributed by atoms with Crippen LogP contribution in [0.4, 0.5) is 0 Å². The summed E-state index contributed by atoms with van der Waals surface area (Å²) in [5, 5.41) is 8.98. The molecular formula is C12H9BrN2O3. The number of rotatable bonds is 4. The molecule has 0 saturated heterocycles. The van der Waals surface area contributed by atoms with Gasteiger partial charge in [-0.2, -0.15) is 0 Å². The Morgan fingerprint density at radius 1 is 1.39 bits per heavy atom.